The Hall–Kier alpha value is -1.79. The first kappa shape index (κ1) is 12.3. The van der Waals surface area contributed by atoms with Crippen molar-refractivity contribution < 1.29 is 4.39 Å². The molecule has 6 heteroatoms. The molecule has 0 saturated carbocycles. The van der Waals surface area contributed by atoms with Crippen molar-refractivity contribution in [2.45, 2.75) is 0 Å². The molecule has 0 fully saturated rings. The highest BCUT2D eigenvalue weighted by Gasteiger charge is 2.12. The van der Waals surface area contributed by atoms with Crippen LogP contribution in [0.25, 0.3) is 0 Å². The first-order valence-corrected chi connectivity index (χ1v) is 5.12. The largest absolute Gasteiger partial charge is 0.397 e. The van der Waals surface area contributed by atoms with Gasteiger partial charge in [-0.05, 0) is 22.0 Å². The Labute approximate surface area is 101 Å². The normalized spacial score (nSPS) is 9.25. The van der Waals surface area contributed by atoms with Gasteiger partial charge < -0.3 is 10.6 Å². The van der Waals surface area contributed by atoms with Gasteiger partial charge in [0.05, 0.1) is 28.0 Å². The summed E-state index contributed by atoms with van der Waals surface area (Å²) < 4.78 is 13.4. The minimum Gasteiger partial charge on any atom is -0.397 e. The zero-order chi connectivity index (χ0) is 12.1. The highest BCUT2D eigenvalue weighted by Crippen LogP contribution is 2.29. The maximum atomic E-state index is 13.1. The van der Waals surface area contributed by atoms with E-state index in [0.29, 0.717) is 5.69 Å². The average Bonchev–Trinajstić information content (AvgIpc) is 2.23. The van der Waals surface area contributed by atoms with Crippen LogP contribution in [0.15, 0.2) is 16.6 Å². The molecule has 0 atom stereocenters. The number of benzene rings is 1. The van der Waals surface area contributed by atoms with E-state index in [9.17, 15) is 4.39 Å². The van der Waals surface area contributed by atoms with Crippen molar-refractivity contribution in [3.8, 4) is 12.1 Å². The van der Waals surface area contributed by atoms with Gasteiger partial charge in [-0.2, -0.15) is 10.5 Å². The smallest absolute Gasteiger partial charge is 0.139 e. The summed E-state index contributed by atoms with van der Waals surface area (Å²) in [6.07, 6.45) is 0. The second-order valence-electron chi connectivity index (χ2n) is 3.00. The van der Waals surface area contributed by atoms with Crippen LogP contribution in [0.3, 0.4) is 0 Å². The summed E-state index contributed by atoms with van der Waals surface area (Å²) in [4.78, 5) is 1.47. The molecule has 1 aromatic carbocycles. The fourth-order valence-electron chi connectivity index (χ4n) is 1.22. The SMILES string of the molecule is N#CCN(CC#N)c1cc(Br)c(F)cc1N. The fourth-order valence-corrected chi connectivity index (χ4v) is 1.55. The molecule has 0 spiro atoms. The second-order valence-corrected chi connectivity index (χ2v) is 3.85. The third-order valence-corrected chi connectivity index (χ3v) is 2.54. The van der Waals surface area contributed by atoms with Gasteiger partial charge in [-0.25, -0.2) is 4.39 Å². The summed E-state index contributed by atoms with van der Waals surface area (Å²) in [6.45, 7) is 0.0473. The van der Waals surface area contributed by atoms with Crippen LogP contribution in [0.1, 0.15) is 0 Å². The van der Waals surface area contributed by atoms with E-state index in [4.69, 9.17) is 16.3 Å². The Morgan fingerprint density at radius 2 is 1.88 bits per heavy atom. The van der Waals surface area contributed by atoms with Crippen LogP contribution >= 0.6 is 15.9 Å². The lowest BCUT2D eigenvalue weighted by atomic mass is 10.2. The van der Waals surface area contributed by atoms with Crippen LogP contribution in [-0.2, 0) is 0 Å². The van der Waals surface area contributed by atoms with E-state index in [1.54, 1.807) is 0 Å². The molecule has 0 heterocycles. The van der Waals surface area contributed by atoms with Crippen molar-refractivity contribution in [2.75, 3.05) is 23.7 Å². The minimum absolute atomic E-state index is 0.0236. The molecular weight excluding hydrogens is 275 g/mol. The maximum Gasteiger partial charge on any atom is 0.139 e. The van der Waals surface area contributed by atoms with Crippen LogP contribution < -0.4 is 10.6 Å². The van der Waals surface area contributed by atoms with Gasteiger partial charge in [-0.1, -0.05) is 0 Å². The third kappa shape index (κ3) is 2.62. The van der Waals surface area contributed by atoms with E-state index in [2.05, 4.69) is 15.9 Å². The third-order valence-electron chi connectivity index (χ3n) is 1.93. The first-order chi connectivity index (χ1) is 7.60. The molecule has 2 N–H and O–H groups in total. The summed E-state index contributed by atoms with van der Waals surface area (Å²) in [7, 11) is 0. The van der Waals surface area contributed by atoms with Crippen molar-refractivity contribution >= 4 is 27.3 Å². The lowest BCUT2D eigenvalue weighted by molar-refractivity contribution is 0.621. The summed E-state index contributed by atoms with van der Waals surface area (Å²) in [5.41, 5.74) is 6.30. The minimum atomic E-state index is -0.477. The average molecular weight is 283 g/mol. The van der Waals surface area contributed by atoms with Crippen LogP contribution in [0.5, 0.6) is 0 Å². The lowest BCUT2D eigenvalue weighted by Crippen LogP contribution is -2.24. The van der Waals surface area contributed by atoms with Gasteiger partial charge in [-0.15, -0.1) is 0 Å². The Balaban J connectivity index is 3.15. The van der Waals surface area contributed by atoms with Gasteiger partial charge >= 0.3 is 0 Å². The molecule has 82 valence electrons. The van der Waals surface area contributed by atoms with E-state index in [0.717, 1.165) is 6.07 Å². The summed E-state index contributed by atoms with van der Waals surface area (Å²) >= 11 is 3.03. The molecule has 16 heavy (non-hydrogen) atoms. The molecule has 0 amide bonds. The van der Waals surface area contributed by atoms with E-state index in [1.165, 1.54) is 11.0 Å². The van der Waals surface area contributed by atoms with Crippen molar-refractivity contribution in [3.05, 3.63) is 22.4 Å². The van der Waals surface area contributed by atoms with Crippen LogP contribution in [0.2, 0.25) is 0 Å². The predicted octanol–water partition coefficient (Wildman–Crippen LogP) is 2.02. The molecule has 4 nitrogen and oxygen atoms in total. The zero-order valence-electron chi connectivity index (χ0n) is 8.24. The molecule has 0 aliphatic carbocycles. The Kier molecular flexibility index (Phi) is 4.10. The molecule has 0 bridgehead atoms. The topological polar surface area (TPSA) is 76.8 Å². The Morgan fingerprint density at radius 3 is 2.38 bits per heavy atom. The maximum absolute atomic E-state index is 13.1. The van der Waals surface area contributed by atoms with E-state index >= 15 is 0 Å². The van der Waals surface area contributed by atoms with Crippen molar-refractivity contribution in [3.63, 3.8) is 0 Å². The number of hydrogen-bond donors (Lipinski definition) is 1. The van der Waals surface area contributed by atoms with Gasteiger partial charge in [-0.3, -0.25) is 0 Å². The Morgan fingerprint density at radius 1 is 1.31 bits per heavy atom. The predicted molar refractivity (Wildman–Crippen MR) is 62.0 cm³/mol. The molecule has 1 rings (SSSR count). The number of nitrogens with two attached hydrogens (primary N) is 1. The van der Waals surface area contributed by atoms with Crippen LogP contribution in [0.4, 0.5) is 15.8 Å². The van der Waals surface area contributed by atoms with Gasteiger partial charge in [0.25, 0.3) is 0 Å². The highest BCUT2D eigenvalue weighted by atomic mass is 79.9. The summed E-state index contributed by atoms with van der Waals surface area (Å²) in [6, 6.07) is 6.46. The number of nitriles is 2. The van der Waals surface area contributed by atoms with Gasteiger partial charge in [0, 0.05) is 6.07 Å². The second kappa shape index (κ2) is 5.34. The van der Waals surface area contributed by atoms with Crippen molar-refractivity contribution in [2.24, 2.45) is 0 Å². The fraction of sp³-hybridized carbons (Fsp3) is 0.200. The molecule has 0 unspecified atom stereocenters. The van der Waals surface area contributed by atoms with E-state index in [-0.39, 0.29) is 23.2 Å². The number of nitrogens with zero attached hydrogens (tertiary/aromatic N) is 3. The lowest BCUT2D eigenvalue weighted by Gasteiger charge is -2.20. The van der Waals surface area contributed by atoms with Gasteiger partial charge in [0.1, 0.15) is 18.9 Å². The molecule has 0 aliphatic heterocycles. The van der Waals surface area contributed by atoms with Gasteiger partial charge in [0.2, 0.25) is 0 Å². The molecule has 1 aromatic rings. The zero-order valence-corrected chi connectivity index (χ0v) is 9.83. The number of halogens is 2. The molecule has 0 aromatic heterocycles. The quantitative estimate of drug-likeness (QED) is 0.680. The monoisotopic (exact) mass is 282 g/mol. The van der Waals surface area contributed by atoms with Gasteiger partial charge in [0.15, 0.2) is 0 Å². The number of hydrogen-bond acceptors (Lipinski definition) is 4. The number of anilines is 2. The van der Waals surface area contributed by atoms with E-state index < -0.39 is 5.82 Å². The summed E-state index contributed by atoms with van der Waals surface area (Å²) in [5.74, 6) is -0.477. The summed E-state index contributed by atoms with van der Waals surface area (Å²) in [5, 5.41) is 17.2. The number of nitrogen functional groups attached to an aromatic ring is 1. The van der Waals surface area contributed by atoms with Crippen LogP contribution in [-0.4, -0.2) is 13.1 Å². The number of rotatable bonds is 3. The Bertz CT molecular complexity index is 459. The molecule has 0 aliphatic rings. The molecule has 0 radical (unpaired) electrons. The molecule has 0 saturated heterocycles. The standard InChI is InChI=1S/C10H8BrFN4/c11-7-5-10(9(15)6-8(7)12)16(3-1-13)4-2-14/h5-6H,3-4,15H2. The van der Waals surface area contributed by atoms with Crippen molar-refractivity contribution in [1.29, 1.82) is 10.5 Å². The highest BCUT2D eigenvalue weighted by molar-refractivity contribution is 9.10. The van der Waals surface area contributed by atoms with E-state index in [1.807, 2.05) is 12.1 Å². The molecular formula is C10H8BrFN4. The van der Waals surface area contributed by atoms with Crippen LogP contribution in [0, 0.1) is 28.5 Å². The van der Waals surface area contributed by atoms with Crippen molar-refractivity contribution in [1.82, 2.24) is 0 Å². The first-order valence-electron chi connectivity index (χ1n) is 4.33.